The Hall–Kier alpha value is -1.56. The monoisotopic (exact) mass is 274 g/mol. The first-order valence-corrected chi connectivity index (χ1v) is 7.48. The second kappa shape index (κ2) is 6.26. The van der Waals surface area contributed by atoms with Crippen molar-refractivity contribution in [3.05, 3.63) is 29.6 Å². The zero-order valence-corrected chi connectivity index (χ0v) is 12.5. The van der Waals surface area contributed by atoms with Gasteiger partial charge in [0.2, 0.25) is 0 Å². The normalized spacial score (nSPS) is 26.3. The molecule has 1 aromatic rings. The molecular formula is C17H23FN2. The fourth-order valence-electron chi connectivity index (χ4n) is 3.33. The maximum absolute atomic E-state index is 13.7. The van der Waals surface area contributed by atoms with Crippen LogP contribution in [0.3, 0.4) is 0 Å². The van der Waals surface area contributed by atoms with Crippen molar-refractivity contribution in [1.82, 2.24) is 0 Å². The summed E-state index contributed by atoms with van der Waals surface area (Å²) in [5.74, 6) is 1.42. The molecule has 3 unspecified atom stereocenters. The number of nitrogens with one attached hydrogen (secondary N) is 1. The van der Waals surface area contributed by atoms with Crippen LogP contribution in [0.15, 0.2) is 18.2 Å². The molecule has 1 aliphatic carbocycles. The van der Waals surface area contributed by atoms with Gasteiger partial charge in [-0.05, 0) is 42.7 Å². The molecule has 2 nitrogen and oxygen atoms in total. The first-order chi connectivity index (χ1) is 9.52. The Balaban J connectivity index is 2.23. The van der Waals surface area contributed by atoms with Crippen molar-refractivity contribution in [1.29, 1.82) is 5.26 Å². The summed E-state index contributed by atoms with van der Waals surface area (Å²) in [6.45, 7) is 6.75. The van der Waals surface area contributed by atoms with Gasteiger partial charge in [0.15, 0.2) is 0 Å². The number of nitrogens with zero attached hydrogens (tertiary/aromatic N) is 1. The third-order valence-electron chi connectivity index (χ3n) is 4.49. The van der Waals surface area contributed by atoms with E-state index in [4.69, 9.17) is 5.26 Å². The van der Waals surface area contributed by atoms with Crippen molar-refractivity contribution in [3.63, 3.8) is 0 Å². The lowest BCUT2D eigenvalue weighted by atomic mass is 9.74. The molecule has 0 spiro atoms. The molecule has 1 aliphatic rings. The van der Waals surface area contributed by atoms with Gasteiger partial charge in [-0.3, -0.25) is 0 Å². The average Bonchev–Trinajstić information content (AvgIpc) is 2.38. The number of benzene rings is 1. The highest BCUT2D eigenvalue weighted by Gasteiger charge is 2.31. The first kappa shape index (κ1) is 14.8. The molecule has 0 aromatic heterocycles. The van der Waals surface area contributed by atoms with Crippen LogP contribution in [0.2, 0.25) is 0 Å². The van der Waals surface area contributed by atoms with Gasteiger partial charge in [-0.15, -0.1) is 0 Å². The lowest BCUT2D eigenvalue weighted by Crippen LogP contribution is -2.38. The Morgan fingerprint density at radius 2 is 2.10 bits per heavy atom. The number of rotatable bonds is 3. The van der Waals surface area contributed by atoms with Crippen LogP contribution in [0.4, 0.5) is 10.1 Å². The summed E-state index contributed by atoms with van der Waals surface area (Å²) in [7, 11) is 0. The van der Waals surface area contributed by atoms with Gasteiger partial charge < -0.3 is 5.32 Å². The highest BCUT2D eigenvalue weighted by atomic mass is 19.1. The van der Waals surface area contributed by atoms with E-state index >= 15 is 0 Å². The molecule has 0 radical (unpaired) electrons. The molecule has 0 heterocycles. The minimum absolute atomic E-state index is 0.133. The quantitative estimate of drug-likeness (QED) is 0.876. The van der Waals surface area contributed by atoms with Crippen LogP contribution in [0, 0.1) is 34.9 Å². The molecule has 108 valence electrons. The predicted octanol–water partition coefficient (Wildman–Crippen LogP) is 4.57. The second-order valence-corrected chi connectivity index (χ2v) is 6.35. The number of nitriles is 1. The van der Waals surface area contributed by atoms with E-state index in [-0.39, 0.29) is 5.56 Å². The standard InChI is InChI=1S/C17H23FN2/c1-11(2)13-8-7-12(3)9-17(13)20-16-6-4-5-15(18)14(16)10-19/h4-6,11-13,17,20H,7-9H2,1-3H3. The van der Waals surface area contributed by atoms with E-state index in [0.717, 1.165) is 6.42 Å². The third-order valence-corrected chi connectivity index (χ3v) is 4.49. The SMILES string of the molecule is CC1CCC(C(C)C)C(Nc2cccc(F)c2C#N)C1. The van der Waals surface area contributed by atoms with Gasteiger partial charge in [-0.2, -0.15) is 5.26 Å². The van der Waals surface area contributed by atoms with E-state index in [1.165, 1.54) is 18.9 Å². The van der Waals surface area contributed by atoms with Crippen molar-refractivity contribution >= 4 is 5.69 Å². The molecular weight excluding hydrogens is 251 g/mol. The molecule has 1 saturated carbocycles. The smallest absolute Gasteiger partial charge is 0.143 e. The minimum Gasteiger partial charge on any atom is -0.381 e. The number of anilines is 1. The van der Waals surface area contributed by atoms with Crippen molar-refractivity contribution in [3.8, 4) is 6.07 Å². The van der Waals surface area contributed by atoms with E-state index in [9.17, 15) is 4.39 Å². The maximum Gasteiger partial charge on any atom is 0.143 e. The van der Waals surface area contributed by atoms with Crippen LogP contribution in [0.5, 0.6) is 0 Å². The first-order valence-electron chi connectivity index (χ1n) is 7.48. The highest BCUT2D eigenvalue weighted by molar-refractivity contribution is 5.58. The fraction of sp³-hybridized carbons (Fsp3) is 0.588. The molecule has 0 amide bonds. The number of halogens is 1. The van der Waals surface area contributed by atoms with Crippen molar-refractivity contribution < 1.29 is 4.39 Å². The summed E-state index contributed by atoms with van der Waals surface area (Å²) in [5, 5.41) is 12.6. The Morgan fingerprint density at radius 3 is 2.75 bits per heavy atom. The summed E-state index contributed by atoms with van der Waals surface area (Å²) >= 11 is 0. The Bertz CT molecular complexity index is 504. The van der Waals surface area contributed by atoms with Gasteiger partial charge in [-0.25, -0.2) is 4.39 Å². The predicted molar refractivity (Wildman–Crippen MR) is 79.9 cm³/mol. The van der Waals surface area contributed by atoms with Crippen LogP contribution in [0.25, 0.3) is 0 Å². The van der Waals surface area contributed by atoms with Gasteiger partial charge in [0.25, 0.3) is 0 Å². The van der Waals surface area contributed by atoms with Crippen LogP contribution in [0.1, 0.15) is 45.6 Å². The molecule has 1 aromatic carbocycles. The molecule has 1 fully saturated rings. The molecule has 20 heavy (non-hydrogen) atoms. The summed E-state index contributed by atoms with van der Waals surface area (Å²) < 4.78 is 13.7. The molecule has 0 saturated heterocycles. The molecule has 2 rings (SSSR count). The molecule has 3 atom stereocenters. The minimum atomic E-state index is -0.442. The fourth-order valence-corrected chi connectivity index (χ4v) is 3.33. The lowest BCUT2D eigenvalue weighted by molar-refractivity contribution is 0.212. The Morgan fingerprint density at radius 1 is 1.35 bits per heavy atom. The van der Waals surface area contributed by atoms with Crippen molar-refractivity contribution in [2.75, 3.05) is 5.32 Å². The van der Waals surface area contributed by atoms with Crippen molar-refractivity contribution in [2.24, 2.45) is 17.8 Å². The summed E-state index contributed by atoms with van der Waals surface area (Å²) in [5.41, 5.74) is 0.769. The van der Waals surface area contributed by atoms with E-state index in [1.807, 2.05) is 6.07 Å². The second-order valence-electron chi connectivity index (χ2n) is 6.35. The zero-order chi connectivity index (χ0) is 14.7. The Kier molecular flexibility index (Phi) is 4.65. The summed E-state index contributed by atoms with van der Waals surface area (Å²) in [6, 6.07) is 7.10. The van der Waals surface area contributed by atoms with Gasteiger partial charge in [-0.1, -0.05) is 33.3 Å². The van der Waals surface area contributed by atoms with E-state index in [0.29, 0.717) is 29.5 Å². The average molecular weight is 274 g/mol. The van der Waals surface area contributed by atoms with Crippen molar-refractivity contribution in [2.45, 2.75) is 46.1 Å². The van der Waals surface area contributed by atoms with E-state index in [1.54, 1.807) is 12.1 Å². The van der Waals surface area contributed by atoms with Crippen LogP contribution < -0.4 is 5.32 Å². The number of hydrogen-bond donors (Lipinski definition) is 1. The molecule has 0 aliphatic heterocycles. The van der Waals surface area contributed by atoms with Crippen LogP contribution in [-0.2, 0) is 0 Å². The van der Waals surface area contributed by atoms with Gasteiger partial charge in [0.1, 0.15) is 17.4 Å². The summed E-state index contributed by atoms with van der Waals surface area (Å²) in [4.78, 5) is 0. The summed E-state index contributed by atoms with van der Waals surface area (Å²) in [6.07, 6.45) is 3.55. The van der Waals surface area contributed by atoms with Gasteiger partial charge in [0, 0.05) is 6.04 Å². The maximum atomic E-state index is 13.7. The third kappa shape index (κ3) is 3.12. The van der Waals surface area contributed by atoms with Crippen LogP contribution in [-0.4, -0.2) is 6.04 Å². The van der Waals surface area contributed by atoms with E-state index in [2.05, 4.69) is 26.1 Å². The van der Waals surface area contributed by atoms with E-state index < -0.39 is 5.82 Å². The zero-order valence-electron chi connectivity index (χ0n) is 12.5. The largest absolute Gasteiger partial charge is 0.381 e. The lowest BCUT2D eigenvalue weighted by Gasteiger charge is -2.38. The molecule has 0 bridgehead atoms. The van der Waals surface area contributed by atoms with Gasteiger partial charge >= 0.3 is 0 Å². The molecule has 3 heteroatoms. The van der Waals surface area contributed by atoms with Crippen LogP contribution >= 0.6 is 0 Å². The topological polar surface area (TPSA) is 35.8 Å². The Labute approximate surface area is 121 Å². The number of hydrogen-bond acceptors (Lipinski definition) is 2. The van der Waals surface area contributed by atoms with Gasteiger partial charge in [0.05, 0.1) is 5.69 Å². The highest BCUT2D eigenvalue weighted by Crippen LogP contribution is 2.35. The molecule has 1 N–H and O–H groups in total.